The Morgan fingerprint density at radius 2 is 1.94 bits per heavy atom. The number of rotatable bonds is 2. The van der Waals surface area contributed by atoms with Gasteiger partial charge in [0.2, 0.25) is 0 Å². The second kappa shape index (κ2) is 5.35. The minimum absolute atomic E-state index is 0.429. The molecule has 0 saturated heterocycles. The molecule has 1 unspecified atom stereocenters. The van der Waals surface area contributed by atoms with E-state index in [1.165, 1.54) is 0 Å². The number of amidine groups is 1. The standard InChI is InChI=1S/C13H19N3/c1-9-5-4-6-12(8-7-9)16-13(15)10(2)11(3)14/h4-9H,14H2,1-3H3,(H2,15,16). The van der Waals surface area contributed by atoms with Gasteiger partial charge in [-0.3, -0.25) is 0 Å². The van der Waals surface area contributed by atoms with Crippen molar-refractivity contribution in [3.8, 4) is 0 Å². The van der Waals surface area contributed by atoms with E-state index in [1.54, 1.807) is 0 Å². The summed E-state index contributed by atoms with van der Waals surface area (Å²) < 4.78 is 0. The van der Waals surface area contributed by atoms with Gasteiger partial charge in [0, 0.05) is 11.3 Å². The molecule has 3 nitrogen and oxygen atoms in total. The zero-order valence-electron chi connectivity index (χ0n) is 10.1. The lowest BCUT2D eigenvalue weighted by atomic mass is 10.2. The summed E-state index contributed by atoms with van der Waals surface area (Å²) in [6.45, 7) is 5.80. The van der Waals surface area contributed by atoms with Crippen LogP contribution in [0.2, 0.25) is 0 Å². The Kier molecular flexibility index (Phi) is 4.11. The van der Waals surface area contributed by atoms with E-state index in [1.807, 2.05) is 32.1 Å². The quantitative estimate of drug-likeness (QED) is 0.550. The van der Waals surface area contributed by atoms with Crippen LogP contribution >= 0.6 is 0 Å². The largest absolute Gasteiger partial charge is 0.402 e. The van der Waals surface area contributed by atoms with E-state index in [-0.39, 0.29) is 0 Å². The molecule has 0 radical (unpaired) electrons. The number of aliphatic imine (C=N–C) groups is 1. The van der Waals surface area contributed by atoms with Crippen molar-refractivity contribution in [2.24, 2.45) is 22.4 Å². The van der Waals surface area contributed by atoms with Gasteiger partial charge in [0.15, 0.2) is 0 Å². The van der Waals surface area contributed by atoms with Crippen LogP contribution in [-0.2, 0) is 0 Å². The van der Waals surface area contributed by atoms with E-state index in [9.17, 15) is 0 Å². The van der Waals surface area contributed by atoms with Gasteiger partial charge < -0.3 is 11.5 Å². The molecule has 4 N–H and O–H groups in total. The van der Waals surface area contributed by atoms with Gasteiger partial charge in [-0.1, -0.05) is 25.2 Å². The Labute approximate surface area is 96.9 Å². The molecule has 0 heterocycles. The zero-order valence-corrected chi connectivity index (χ0v) is 10.1. The van der Waals surface area contributed by atoms with Crippen LogP contribution in [0.5, 0.6) is 0 Å². The van der Waals surface area contributed by atoms with Crippen molar-refractivity contribution in [2.75, 3.05) is 0 Å². The van der Waals surface area contributed by atoms with Crippen molar-refractivity contribution in [3.63, 3.8) is 0 Å². The van der Waals surface area contributed by atoms with Gasteiger partial charge in [0.05, 0.1) is 5.70 Å². The van der Waals surface area contributed by atoms with E-state index in [0.717, 1.165) is 11.3 Å². The first-order valence-electron chi connectivity index (χ1n) is 5.35. The topological polar surface area (TPSA) is 64.4 Å². The molecule has 0 saturated carbocycles. The molecular weight excluding hydrogens is 198 g/mol. The van der Waals surface area contributed by atoms with Crippen LogP contribution in [0.3, 0.4) is 0 Å². The van der Waals surface area contributed by atoms with Crippen LogP contribution in [0.15, 0.2) is 52.3 Å². The summed E-state index contributed by atoms with van der Waals surface area (Å²) in [4.78, 5) is 4.33. The summed E-state index contributed by atoms with van der Waals surface area (Å²) in [6, 6.07) is 0. The minimum Gasteiger partial charge on any atom is -0.402 e. The van der Waals surface area contributed by atoms with Crippen LogP contribution in [0, 0.1) is 5.92 Å². The molecule has 1 aliphatic carbocycles. The summed E-state index contributed by atoms with van der Waals surface area (Å²) in [5, 5.41) is 0. The SMILES string of the molecule is CC(N)=C(C)C(N)=NC1=CC=CC(C)C=C1. The average molecular weight is 217 g/mol. The molecule has 1 atom stereocenters. The third-order valence-corrected chi connectivity index (χ3v) is 2.48. The number of hydrogen-bond donors (Lipinski definition) is 2. The van der Waals surface area contributed by atoms with Gasteiger partial charge in [-0.2, -0.15) is 0 Å². The molecule has 1 aliphatic rings. The average Bonchev–Trinajstić information content (AvgIpc) is 2.42. The third kappa shape index (κ3) is 3.42. The maximum atomic E-state index is 5.85. The molecule has 0 aliphatic heterocycles. The monoisotopic (exact) mass is 217 g/mol. The van der Waals surface area contributed by atoms with E-state index >= 15 is 0 Å². The maximum Gasteiger partial charge on any atom is 0.128 e. The highest BCUT2D eigenvalue weighted by atomic mass is 14.9. The summed E-state index contributed by atoms with van der Waals surface area (Å²) in [5.41, 5.74) is 13.9. The molecular formula is C13H19N3. The highest BCUT2D eigenvalue weighted by molar-refractivity contribution is 5.97. The second-order valence-corrected chi connectivity index (χ2v) is 4.00. The van der Waals surface area contributed by atoms with Crippen LogP contribution in [0.25, 0.3) is 0 Å². The molecule has 0 bridgehead atoms. The molecule has 16 heavy (non-hydrogen) atoms. The van der Waals surface area contributed by atoms with Crippen LogP contribution in [0.4, 0.5) is 0 Å². The molecule has 1 rings (SSSR count). The summed E-state index contributed by atoms with van der Waals surface area (Å²) in [6.07, 6.45) is 10.1. The highest BCUT2D eigenvalue weighted by Gasteiger charge is 2.01. The molecule has 0 spiro atoms. The van der Waals surface area contributed by atoms with Crippen molar-refractivity contribution >= 4 is 5.84 Å². The predicted octanol–water partition coefficient (Wildman–Crippen LogP) is 2.24. The lowest BCUT2D eigenvalue weighted by Gasteiger charge is -2.03. The Morgan fingerprint density at radius 3 is 2.56 bits per heavy atom. The summed E-state index contributed by atoms with van der Waals surface area (Å²) >= 11 is 0. The van der Waals surface area contributed by atoms with E-state index < -0.39 is 0 Å². The van der Waals surface area contributed by atoms with Crippen molar-refractivity contribution < 1.29 is 0 Å². The molecule has 0 aromatic heterocycles. The maximum absolute atomic E-state index is 5.85. The molecule has 3 heteroatoms. The predicted molar refractivity (Wildman–Crippen MR) is 69.7 cm³/mol. The van der Waals surface area contributed by atoms with Crippen LogP contribution in [0.1, 0.15) is 20.8 Å². The second-order valence-electron chi connectivity index (χ2n) is 4.00. The normalized spacial score (nSPS) is 22.6. The van der Waals surface area contributed by atoms with E-state index in [4.69, 9.17) is 11.5 Å². The molecule has 0 aromatic rings. The first-order chi connectivity index (χ1) is 7.50. The Bertz CT molecular complexity index is 405. The molecule has 0 fully saturated rings. The lowest BCUT2D eigenvalue weighted by Crippen LogP contribution is -2.16. The van der Waals surface area contributed by atoms with Crippen LogP contribution in [-0.4, -0.2) is 5.84 Å². The summed E-state index contributed by atoms with van der Waals surface area (Å²) in [7, 11) is 0. The molecule has 86 valence electrons. The third-order valence-electron chi connectivity index (χ3n) is 2.48. The Hall–Kier alpha value is -1.77. The Morgan fingerprint density at radius 1 is 1.25 bits per heavy atom. The van der Waals surface area contributed by atoms with E-state index in [0.29, 0.717) is 17.5 Å². The van der Waals surface area contributed by atoms with Crippen molar-refractivity contribution in [3.05, 3.63) is 47.3 Å². The van der Waals surface area contributed by atoms with Gasteiger partial charge in [-0.05, 0) is 31.9 Å². The van der Waals surface area contributed by atoms with E-state index in [2.05, 4.69) is 24.1 Å². The van der Waals surface area contributed by atoms with Gasteiger partial charge in [0.1, 0.15) is 5.84 Å². The molecule has 0 amide bonds. The smallest absolute Gasteiger partial charge is 0.128 e. The number of allylic oxidation sites excluding steroid dienone is 6. The first-order valence-corrected chi connectivity index (χ1v) is 5.35. The molecule has 0 aromatic carbocycles. The number of nitrogens with zero attached hydrogens (tertiary/aromatic N) is 1. The van der Waals surface area contributed by atoms with Gasteiger partial charge in [-0.15, -0.1) is 0 Å². The highest BCUT2D eigenvalue weighted by Crippen LogP contribution is 2.11. The lowest BCUT2D eigenvalue weighted by molar-refractivity contribution is 0.941. The first kappa shape index (κ1) is 12.3. The van der Waals surface area contributed by atoms with Gasteiger partial charge >= 0.3 is 0 Å². The van der Waals surface area contributed by atoms with Gasteiger partial charge in [-0.25, -0.2) is 4.99 Å². The van der Waals surface area contributed by atoms with Crippen molar-refractivity contribution in [1.82, 2.24) is 0 Å². The number of hydrogen-bond acceptors (Lipinski definition) is 2. The van der Waals surface area contributed by atoms with Crippen LogP contribution < -0.4 is 11.5 Å². The summed E-state index contributed by atoms with van der Waals surface area (Å²) in [5.74, 6) is 0.900. The Balaban J connectivity index is 2.93. The fourth-order valence-corrected chi connectivity index (χ4v) is 1.20. The fraction of sp³-hybridized carbons (Fsp3) is 0.308. The fourth-order valence-electron chi connectivity index (χ4n) is 1.20. The minimum atomic E-state index is 0.429. The van der Waals surface area contributed by atoms with Gasteiger partial charge in [0.25, 0.3) is 0 Å². The number of nitrogens with two attached hydrogens (primary N) is 2. The van der Waals surface area contributed by atoms with Crippen molar-refractivity contribution in [1.29, 1.82) is 0 Å². The van der Waals surface area contributed by atoms with Crippen molar-refractivity contribution in [2.45, 2.75) is 20.8 Å². The zero-order chi connectivity index (χ0) is 12.1.